The molecule has 0 aliphatic carbocycles. The van der Waals surface area contributed by atoms with Crippen LogP contribution in [-0.4, -0.2) is 41.6 Å². The first-order valence-electron chi connectivity index (χ1n) is 5.36. The molecule has 0 amide bonds. The molecule has 0 spiro atoms. The number of aliphatic hydroxyl groups excluding tert-OH is 1. The van der Waals surface area contributed by atoms with Gasteiger partial charge in [-0.15, -0.1) is 0 Å². The molecular formula is C12H16O5. The second-order valence-corrected chi connectivity index (χ2v) is 3.37. The zero-order chi connectivity index (χ0) is 12.7. The van der Waals surface area contributed by atoms with Gasteiger partial charge in [-0.3, -0.25) is 0 Å². The predicted octanol–water partition coefficient (Wildman–Crippen LogP) is 0.916. The van der Waals surface area contributed by atoms with Crippen LogP contribution in [0.5, 0.6) is 5.75 Å². The number of hydrogen-bond donors (Lipinski definition) is 2. The number of rotatable bonds is 7. The Morgan fingerprint density at radius 1 is 1.35 bits per heavy atom. The van der Waals surface area contributed by atoms with E-state index in [2.05, 4.69) is 0 Å². The minimum absolute atomic E-state index is 0.313. The molecule has 0 radical (unpaired) electrons. The molecule has 94 valence electrons. The molecule has 0 fully saturated rings. The van der Waals surface area contributed by atoms with E-state index in [0.717, 1.165) is 0 Å². The molecule has 5 heteroatoms. The molecule has 1 rings (SSSR count). The first-order valence-corrected chi connectivity index (χ1v) is 5.36. The van der Waals surface area contributed by atoms with Crippen molar-refractivity contribution in [1.29, 1.82) is 0 Å². The second kappa shape index (κ2) is 6.88. The van der Waals surface area contributed by atoms with Crippen molar-refractivity contribution >= 4 is 5.97 Å². The van der Waals surface area contributed by atoms with E-state index in [0.29, 0.717) is 12.4 Å². The zero-order valence-electron chi connectivity index (χ0n) is 9.57. The second-order valence-electron chi connectivity index (χ2n) is 3.37. The van der Waals surface area contributed by atoms with E-state index in [4.69, 9.17) is 19.7 Å². The Morgan fingerprint density at radius 3 is 2.47 bits per heavy atom. The molecular weight excluding hydrogens is 224 g/mol. The number of benzene rings is 1. The van der Waals surface area contributed by atoms with Gasteiger partial charge in [0.05, 0.1) is 6.61 Å². The van der Waals surface area contributed by atoms with Crippen molar-refractivity contribution in [2.75, 3.05) is 13.2 Å². The van der Waals surface area contributed by atoms with Gasteiger partial charge in [0, 0.05) is 6.61 Å². The number of carbonyl (C=O) groups is 1. The summed E-state index contributed by atoms with van der Waals surface area (Å²) >= 11 is 0. The molecule has 2 N–H and O–H groups in total. The Morgan fingerprint density at radius 2 is 2.00 bits per heavy atom. The predicted molar refractivity (Wildman–Crippen MR) is 61.0 cm³/mol. The average Bonchev–Trinajstić information content (AvgIpc) is 2.34. The van der Waals surface area contributed by atoms with Crippen molar-refractivity contribution in [3.63, 3.8) is 0 Å². The SMILES string of the molecule is CCOC(CO)C(Oc1ccccc1)C(=O)O. The monoisotopic (exact) mass is 240 g/mol. The quantitative estimate of drug-likeness (QED) is 0.741. The summed E-state index contributed by atoms with van der Waals surface area (Å²) in [6.45, 7) is 1.63. The Balaban J connectivity index is 2.75. The summed E-state index contributed by atoms with van der Waals surface area (Å²) in [5, 5.41) is 18.1. The Labute approximate surface area is 99.6 Å². The Kier molecular flexibility index (Phi) is 5.45. The maximum absolute atomic E-state index is 11.1. The van der Waals surface area contributed by atoms with Gasteiger partial charge in [0.25, 0.3) is 0 Å². The van der Waals surface area contributed by atoms with Crippen LogP contribution in [-0.2, 0) is 9.53 Å². The number of hydrogen-bond acceptors (Lipinski definition) is 4. The highest BCUT2D eigenvalue weighted by molar-refractivity contribution is 5.73. The van der Waals surface area contributed by atoms with Gasteiger partial charge in [-0.2, -0.15) is 0 Å². The third-order valence-electron chi connectivity index (χ3n) is 2.15. The van der Waals surface area contributed by atoms with Crippen LogP contribution >= 0.6 is 0 Å². The lowest BCUT2D eigenvalue weighted by Gasteiger charge is -2.22. The fraction of sp³-hybridized carbons (Fsp3) is 0.417. The van der Waals surface area contributed by atoms with Crippen molar-refractivity contribution in [1.82, 2.24) is 0 Å². The standard InChI is InChI=1S/C12H16O5/c1-2-16-10(8-13)11(12(14)15)17-9-6-4-3-5-7-9/h3-7,10-11,13H,2,8H2,1H3,(H,14,15). The topological polar surface area (TPSA) is 76.0 Å². The van der Waals surface area contributed by atoms with Gasteiger partial charge in [0.15, 0.2) is 0 Å². The number of carboxylic acids is 1. The third kappa shape index (κ3) is 4.05. The summed E-state index contributed by atoms with van der Waals surface area (Å²) in [4.78, 5) is 11.1. The number of ether oxygens (including phenoxy) is 2. The van der Waals surface area contributed by atoms with Crippen LogP contribution in [0.25, 0.3) is 0 Å². The first-order chi connectivity index (χ1) is 8.19. The number of carboxylic acid groups (broad SMARTS) is 1. The normalized spacial score (nSPS) is 14.0. The van der Waals surface area contributed by atoms with Crippen LogP contribution in [0.1, 0.15) is 6.92 Å². The van der Waals surface area contributed by atoms with Crippen molar-refractivity contribution < 1.29 is 24.5 Å². The summed E-state index contributed by atoms with van der Waals surface area (Å²) in [7, 11) is 0. The fourth-order valence-electron chi connectivity index (χ4n) is 1.38. The van der Waals surface area contributed by atoms with E-state index in [9.17, 15) is 4.79 Å². The average molecular weight is 240 g/mol. The van der Waals surface area contributed by atoms with Crippen LogP contribution in [0.15, 0.2) is 30.3 Å². The maximum atomic E-state index is 11.1. The smallest absolute Gasteiger partial charge is 0.347 e. The van der Waals surface area contributed by atoms with Crippen LogP contribution in [0.2, 0.25) is 0 Å². The van der Waals surface area contributed by atoms with E-state index >= 15 is 0 Å². The number of aliphatic carboxylic acids is 1. The molecule has 5 nitrogen and oxygen atoms in total. The molecule has 0 heterocycles. The fourth-order valence-corrected chi connectivity index (χ4v) is 1.38. The summed E-state index contributed by atoms with van der Waals surface area (Å²) in [6, 6.07) is 8.58. The van der Waals surface area contributed by atoms with Gasteiger partial charge in [0.2, 0.25) is 6.10 Å². The van der Waals surface area contributed by atoms with Gasteiger partial charge < -0.3 is 19.7 Å². The zero-order valence-corrected chi connectivity index (χ0v) is 9.57. The molecule has 0 saturated heterocycles. The molecule has 0 aromatic heterocycles. The Hall–Kier alpha value is -1.59. The van der Waals surface area contributed by atoms with Crippen LogP contribution in [0.3, 0.4) is 0 Å². The lowest BCUT2D eigenvalue weighted by atomic mass is 10.2. The minimum atomic E-state index is -1.22. The summed E-state index contributed by atoms with van der Waals surface area (Å²) in [5.41, 5.74) is 0. The molecule has 0 aliphatic rings. The largest absolute Gasteiger partial charge is 0.478 e. The molecule has 17 heavy (non-hydrogen) atoms. The van der Waals surface area contributed by atoms with Crippen LogP contribution in [0.4, 0.5) is 0 Å². The molecule has 1 aromatic carbocycles. The molecule has 2 unspecified atom stereocenters. The lowest BCUT2D eigenvalue weighted by molar-refractivity contribution is -0.155. The van der Waals surface area contributed by atoms with E-state index in [1.54, 1.807) is 37.3 Å². The summed E-state index contributed by atoms with van der Waals surface area (Å²) in [5.74, 6) is -0.737. The van der Waals surface area contributed by atoms with Gasteiger partial charge in [-0.05, 0) is 19.1 Å². The van der Waals surface area contributed by atoms with Crippen molar-refractivity contribution in [2.24, 2.45) is 0 Å². The van der Waals surface area contributed by atoms with Gasteiger partial charge in [-0.1, -0.05) is 18.2 Å². The first kappa shape index (κ1) is 13.5. The summed E-state index contributed by atoms with van der Waals surface area (Å²) in [6.07, 6.45) is -2.10. The van der Waals surface area contributed by atoms with Gasteiger partial charge in [-0.25, -0.2) is 4.79 Å². The lowest BCUT2D eigenvalue weighted by Crippen LogP contribution is -2.43. The summed E-state index contributed by atoms with van der Waals surface area (Å²) < 4.78 is 10.4. The Bertz CT molecular complexity index is 338. The third-order valence-corrected chi connectivity index (χ3v) is 2.15. The van der Waals surface area contributed by atoms with Gasteiger partial charge in [0.1, 0.15) is 11.9 Å². The van der Waals surface area contributed by atoms with E-state index in [1.807, 2.05) is 0 Å². The van der Waals surface area contributed by atoms with E-state index in [1.165, 1.54) is 0 Å². The van der Waals surface area contributed by atoms with Crippen LogP contribution in [0, 0.1) is 0 Å². The molecule has 0 saturated carbocycles. The molecule has 1 aromatic rings. The minimum Gasteiger partial charge on any atom is -0.478 e. The van der Waals surface area contributed by atoms with Crippen molar-refractivity contribution in [3.8, 4) is 5.75 Å². The van der Waals surface area contributed by atoms with Crippen molar-refractivity contribution in [3.05, 3.63) is 30.3 Å². The maximum Gasteiger partial charge on any atom is 0.347 e. The molecule has 0 aliphatic heterocycles. The highest BCUT2D eigenvalue weighted by Gasteiger charge is 2.30. The van der Waals surface area contributed by atoms with Crippen LogP contribution < -0.4 is 4.74 Å². The number of para-hydroxylation sites is 1. The van der Waals surface area contributed by atoms with E-state index in [-0.39, 0.29) is 0 Å². The van der Waals surface area contributed by atoms with E-state index < -0.39 is 24.8 Å². The molecule has 0 bridgehead atoms. The highest BCUT2D eigenvalue weighted by atomic mass is 16.6. The number of aliphatic hydroxyl groups is 1. The van der Waals surface area contributed by atoms with Crippen molar-refractivity contribution in [2.45, 2.75) is 19.1 Å². The molecule has 2 atom stereocenters. The highest BCUT2D eigenvalue weighted by Crippen LogP contribution is 2.14. The van der Waals surface area contributed by atoms with Gasteiger partial charge >= 0.3 is 5.97 Å².